The fourth-order valence-electron chi connectivity index (χ4n) is 2.39. The van der Waals surface area contributed by atoms with Crippen LogP contribution < -0.4 is 5.32 Å². The van der Waals surface area contributed by atoms with Gasteiger partial charge in [0.1, 0.15) is 0 Å². The molecule has 100 valence electrons. The van der Waals surface area contributed by atoms with Crippen LogP contribution in [0.2, 0.25) is 0 Å². The molecule has 2 aromatic rings. The SMILES string of the molecule is O=C(Nc1nnc2ccccn12)N1CCCC1CO. The van der Waals surface area contributed by atoms with E-state index in [1.165, 1.54) is 0 Å². The van der Waals surface area contributed by atoms with E-state index in [-0.39, 0.29) is 18.7 Å². The Morgan fingerprint density at radius 2 is 2.37 bits per heavy atom. The monoisotopic (exact) mass is 261 g/mol. The molecule has 3 rings (SSSR count). The lowest BCUT2D eigenvalue weighted by Crippen LogP contribution is -2.40. The van der Waals surface area contributed by atoms with Crippen molar-refractivity contribution in [2.45, 2.75) is 18.9 Å². The molecule has 2 N–H and O–H groups in total. The van der Waals surface area contributed by atoms with Crippen molar-refractivity contribution in [3.8, 4) is 0 Å². The van der Waals surface area contributed by atoms with Crippen molar-refractivity contribution in [3.63, 3.8) is 0 Å². The van der Waals surface area contributed by atoms with Crippen molar-refractivity contribution in [2.75, 3.05) is 18.5 Å². The van der Waals surface area contributed by atoms with Gasteiger partial charge < -0.3 is 10.0 Å². The van der Waals surface area contributed by atoms with Crippen LogP contribution in [0.4, 0.5) is 10.7 Å². The minimum Gasteiger partial charge on any atom is -0.394 e. The van der Waals surface area contributed by atoms with Gasteiger partial charge in [0.25, 0.3) is 0 Å². The predicted octanol–water partition coefficient (Wildman–Crippen LogP) is 0.718. The molecule has 1 unspecified atom stereocenters. The zero-order valence-corrected chi connectivity index (χ0v) is 10.4. The number of amides is 2. The number of aliphatic hydroxyl groups is 1. The maximum Gasteiger partial charge on any atom is 0.324 e. The first-order valence-electron chi connectivity index (χ1n) is 6.28. The lowest BCUT2D eigenvalue weighted by Gasteiger charge is -2.22. The zero-order chi connectivity index (χ0) is 13.2. The van der Waals surface area contributed by atoms with Crippen LogP contribution in [0.25, 0.3) is 5.65 Å². The molecule has 0 saturated carbocycles. The number of urea groups is 1. The Labute approximate surface area is 109 Å². The normalized spacial score (nSPS) is 19.0. The fourth-order valence-corrected chi connectivity index (χ4v) is 2.39. The number of anilines is 1. The third kappa shape index (κ3) is 2.12. The number of carbonyl (C=O) groups excluding carboxylic acids is 1. The van der Waals surface area contributed by atoms with E-state index in [0.717, 1.165) is 12.8 Å². The summed E-state index contributed by atoms with van der Waals surface area (Å²) < 4.78 is 1.71. The summed E-state index contributed by atoms with van der Waals surface area (Å²) >= 11 is 0. The number of nitrogens with one attached hydrogen (secondary N) is 1. The van der Waals surface area contributed by atoms with Crippen molar-refractivity contribution in [3.05, 3.63) is 24.4 Å². The number of aromatic nitrogens is 3. The van der Waals surface area contributed by atoms with Crippen molar-refractivity contribution in [1.29, 1.82) is 0 Å². The average molecular weight is 261 g/mol. The number of hydrogen-bond donors (Lipinski definition) is 2. The van der Waals surface area contributed by atoms with Gasteiger partial charge in [-0.05, 0) is 25.0 Å². The molecule has 0 radical (unpaired) electrons. The molecule has 0 bridgehead atoms. The van der Waals surface area contributed by atoms with Gasteiger partial charge in [-0.3, -0.25) is 9.72 Å². The van der Waals surface area contributed by atoms with Gasteiger partial charge in [0.05, 0.1) is 12.6 Å². The van der Waals surface area contributed by atoms with E-state index in [4.69, 9.17) is 0 Å². The third-order valence-electron chi connectivity index (χ3n) is 3.38. The van der Waals surface area contributed by atoms with Gasteiger partial charge in [-0.15, -0.1) is 10.2 Å². The number of aliphatic hydroxyl groups excluding tert-OH is 1. The number of carbonyl (C=O) groups is 1. The smallest absolute Gasteiger partial charge is 0.324 e. The number of rotatable bonds is 2. The Bertz CT molecular complexity index is 597. The van der Waals surface area contributed by atoms with E-state index in [1.807, 2.05) is 18.2 Å². The lowest BCUT2D eigenvalue weighted by atomic mass is 10.2. The first-order chi connectivity index (χ1) is 9.29. The predicted molar refractivity (Wildman–Crippen MR) is 68.8 cm³/mol. The van der Waals surface area contributed by atoms with Crippen LogP contribution in [0.15, 0.2) is 24.4 Å². The molecule has 1 aliphatic rings. The summed E-state index contributed by atoms with van der Waals surface area (Å²) in [6.45, 7) is 0.655. The Kier molecular flexibility index (Phi) is 3.04. The highest BCUT2D eigenvalue weighted by molar-refractivity contribution is 5.88. The molecular weight excluding hydrogens is 246 g/mol. The van der Waals surface area contributed by atoms with E-state index >= 15 is 0 Å². The molecule has 0 spiro atoms. The zero-order valence-electron chi connectivity index (χ0n) is 10.4. The van der Waals surface area contributed by atoms with Gasteiger partial charge in [-0.25, -0.2) is 4.79 Å². The molecule has 1 aliphatic heterocycles. The molecule has 0 aliphatic carbocycles. The maximum atomic E-state index is 12.1. The molecule has 2 amide bonds. The molecule has 1 atom stereocenters. The van der Waals surface area contributed by atoms with Gasteiger partial charge in [-0.1, -0.05) is 6.07 Å². The Hall–Kier alpha value is -2.15. The number of fused-ring (bicyclic) bond motifs is 1. The summed E-state index contributed by atoms with van der Waals surface area (Å²) in [5.41, 5.74) is 0.679. The summed E-state index contributed by atoms with van der Waals surface area (Å²) in [6, 6.07) is 5.18. The minimum atomic E-state index is -0.241. The van der Waals surface area contributed by atoms with Crippen LogP contribution in [0.3, 0.4) is 0 Å². The van der Waals surface area contributed by atoms with Crippen LogP contribution in [-0.4, -0.2) is 49.8 Å². The number of likely N-dealkylation sites (tertiary alicyclic amines) is 1. The average Bonchev–Trinajstić information content (AvgIpc) is 3.05. The van der Waals surface area contributed by atoms with E-state index in [0.29, 0.717) is 18.1 Å². The quantitative estimate of drug-likeness (QED) is 0.834. The first-order valence-corrected chi connectivity index (χ1v) is 6.28. The highest BCUT2D eigenvalue weighted by Crippen LogP contribution is 2.18. The topological polar surface area (TPSA) is 82.8 Å². The Morgan fingerprint density at radius 3 is 3.21 bits per heavy atom. The van der Waals surface area contributed by atoms with Crippen LogP contribution in [0.5, 0.6) is 0 Å². The summed E-state index contributed by atoms with van der Waals surface area (Å²) in [4.78, 5) is 13.8. The highest BCUT2D eigenvalue weighted by Gasteiger charge is 2.28. The van der Waals surface area contributed by atoms with Gasteiger partial charge in [0, 0.05) is 12.7 Å². The molecule has 7 heteroatoms. The van der Waals surface area contributed by atoms with Gasteiger partial charge in [0.2, 0.25) is 5.95 Å². The third-order valence-corrected chi connectivity index (χ3v) is 3.38. The summed E-state index contributed by atoms with van der Waals surface area (Å²) in [7, 11) is 0. The molecule has 1 fully saturated rings. The van der Waals surface area contributed by atoms with Crippen LogP contribution in [0.1, 0.15) is 12.8 Å². The number of nitrogens with zero attached hydrogens (tertiary/aromatic N) is 4. The summed E-state index contributed by atoms with van der Waals surface area (Å²) in [5, 5.41) is 19.9. The maximum absolute atomic E-state index is 12.1. The van der Waals surface area contributed by atoms with E-state index in [1.54, 1.807) is 15.5 Å². The van der Waals surface area contributed by atoms with Crippen molar-refractivity contribution in [1.82, 2.24) is 19.5 Å². The standard InChI is InChI=1S/C12H15N5O2/c18-8-9-4-3-7-16(9)12(19)13-11-15-14-10-5-1-2-6-17(10)11/h1-2,5-6,9,18H,3-4,7-8H2,(H,13,15,19). The molecular formula is C12H15N5O2. The molecule has 7 nitrogen and oxygen atoms in total. The van der Waals surface area contributed by atoms with E-state index in [2.05, 4.69) is 15.5 Å². The lowest BCUT2D eigenvalue weighted by molar-refractivity contribution is 0.166. The second-order valence-electron chi connectivity index (χ2n) is 4.55. The van der Waals surface area contributed by atoms with Crippen LogP contribution >= 0.6 is 0 Å². The van der Waals surface area contributed by atoms with Gasteiger partial charge in [-0.2, -0.15) is 0 Å². The molecule has 2 aromatic heterocycles. The van der Waals surface area contributed by atoms with E-state index < -0.39 is 0 Å². The van der Waals surface area contributed by atoms with Crippen molar-refractivity contribution in [2.24, 2.45) is 0 Å². The van der Waals surface area contributed by atoms with E-state index in [9.17, 15) is 9.90 Å². The van der Waals surface area contributed by atoms with Crippen LogP contribution in [0, 0.1) is 0 Å². The van der Waals surface area contributed by atoms with Gasteiger partial charge >= 0.3 is 6.03 Å². The highest BCUT2D eigenvalue weighted by atomic mass is 16.3. The van der Waals surface area contributed by atoms with Crippen molar-refractivity contribution >= 4 is 17.6 Å². The van der Waals surface area contributed by atoms with Gasteiger partial charge in [0.15, 0.2) is 5.65 Å². The molecule has 0 aromatic carbocycles. The first kappa shape index (κ1) is 11.9. The molecule has 1 saturated heterocycles. The second-order valence-corrected chi connectivity index (χ2v) is 4.55. The fraction of sp³-hybridized carbons (Fsp3) is 0.417. The second kappa shape index (κ2) is 4.85. The minimum absolute atomic E-state index is 0.00595. The summed E-state index contributed by atoms with van der Waals surface area (Å²) in [6.07, 6.45) is 3.54. The molecule has 3 heterocycles. The van der Waals surface area contributed by atoms with Crippen molar-refractivity contribution < 1.29 is 9.90 Å². The Balaban J connectivity index is 1.79. The summed E-state index contributed by atoms with van der Waals surface area (Å²) in [5.74, 6) is 0.393. The molecule has 19 heavy (non-hydrogen) atoms. The number of pyridine rings is 1. The largest absolute Gasteiger partial charge is 0.394 e. The van der Waals surface area contributed by atoms with Crippen LogP contribution in [-0.2, 0) is 0 Å². The Morgan fingerprint density at radius 1 is 1.47 bits per heavy atom. The number of hydrogen-bond acceptors (Lipinski definition) is 4.